The first-order valence-corrected chi connectivity index (χ1v) is 10.0. The van der Waals surface area contributed by atoms with Crippen molar-refractivity contribution in [3.8, 4) is 11.5 Å². The highest BCUT2D eigenvalue weighted by atomic mass is 16.6. The van der Waals surface area contributed by atoms with Crippen LogP contribution in [-0.2, 0) is 5.72 Å². The van der Waals surface area contributed by atoms with Gasteiger partial charge in [-0.3, -0.25) is 10.1 Å². The van der Waals surface area contributed by atoms with Gasteiger partial charge in [-0.2, -0.15) is 5.10 Å². The van der Waals surface area contributed by atoms with Gasteiger partial charge in [-0.05, 0) is 48.0 Å². The lowest BCUT2D eigenvalue weighted by Gasteiger charge is -2.45. The highest BCUT2D eigenvalue weighted by molar-refractivity contribution is 6.02. The number of rotatable bonds is 4. The van der Waals surface area contributed by atoms with Gasteiger partial charge in [-0.25, -0.2) is 5.01 Å². The standard InChI is InChI=1S/C24H21N3O4/c1-24(17-9-11-18(12-10-17)27(28)29)26-22(20-5-3-4-6-23(20)31-24)15-21(25-26)16-7-13-19(30-2)14-8-16/h3-14,22H,15H2,1-2H3/t22-,24+/m1/s1. The molecule has 0 bridgehead atoms. The van der Waals surface area contributed by atoms with Crippen LogP contribution in [0.2, 0.25) is 0 Å². The number of benzene rings is 3. The molecule has 2 heterocycles. The Labute approximate surface area is 179 Å². The number of nitrogens with zero attached hydrogens (tertiary/aromatic N) is 3. The first-order chi connectivity index (χ1) is 15.0. The van der Waals surface area contributed by atoms with Crippen molar-refractivity contribution in [1.82, 2.24) is 5.01 Å². The highest BCUT2D eigenvalue weighted by Gasteiger charge is 2.48. The summed E-state index contributed by atoms with van der Waals surface area (Å²) in [5.41, 5.74) is 3.01. The molecule has 7 nitrogen and oxygen atoms in total. The van der Waals surface area contributed by atoms with Crippen LogP contribution in [0.3, 0.4) is 0 Å². The average Bonchev–Trinajstić information content (AvgIpc) is 3.26. The van der Waals surface area contributed by atoms with Gasteiger partial charge in [0.2, 0.25) is 5.72 Å². The van der Waals surface area contributed by atoms with Crippen molar-refractivity contribution < 1.29 is 14.4 Å². The number of nitro benzene ring substituents is 1. The minimum atomic E-state index is -0.900. The Bertz CT molecular complexity index is 1170. The van der Waals surface area contributed by atoms with E-state index in [9.17, 15) is 10.1 Å². The van der Waals surface area contributed by atoms with Crippen LogP contribution in [0, 0.1) is 10.1 Å². The summed E-state index contributed by atoms with van der Waals surface area (Å²) in [7, 11) is 1.65. The summed E-state index contributed by atoms with van der Waals surface area (Å²) in [6.45, 7) is 1.96. The van der Waals surface area contributed by atoms with Gasteiger partial charge in [0.05, 0.1) is 23.8 Å². The van der Waals surface area contributed by atoms with E-state index in [-0.39, 0.29) is 11.7 Å². The minimum Gasteiger partial charge on any atom is -0.497 e. The fraction of sp³-hybridized carbons (Fsp3) is 0.208. The van der Waals surface area contributed by atoms with Gasteiger partial charge in [0.1, 0.15) is 11.5 Å². The number of ether oxygens (including phenoxy) is 2. The van der Waals surface area contributed by atoms with E-state index in [0.29, 0.717) is 0 Å². The lowest BCUT2D eigenvalue weighted by Crippen LogP contribution is -2.48. The smallest absolute Gasteiger partial charge is 0.269 e. The number of nitro groups is 1. The van der Waals surface area contributed by atoms with Gasteiger partial charge < -0.3 is 9.47 Å². The number of methoxy groups -OCH3 is 1. The summed E-state index contributed by atoms with van der Waals surface area (Å²) in [5.74, 6) is 1.60. The van der Waals surface area contributed by atoms with Crippen LogP contribution >= 0.6 is 0 Å². The zero-order valence-electron chi connectivity index (χ0n) is 17.2. The second-order valence-electron chi connectivity index (χ2n) is 7.77. The van der Waals surface area contributed by atoms with Crippen molar-refractivity contribution in [2.45, 2.75) is 25.1 Å². The second-order valence-corrected chi connectivity index (χ2v) is 7.77. The van der Waals surface area contributed by atoms with E-state index < -0.39 is 10.6 Å². The third kappa shape index (κ3) is 3.09. The number of para-hydroxylation sites is 1. The molecule has 0 saturated heterocycles. The summed E-state index contributed by atoms with van der Waals surface area (Å²) < 4.78 is 11.7. The summed E-state index contributed by atoms with van der Waals surface area (Å²) in [4.78, 5) is 10.7. The van der Waals surface area contributed by atoms with Crippen LogP contribution in [-0.4, -0.2) is 22.8 Å². The topological polar surface area (TPSA) is 77.2 Å². The second kappa shape index (κ2) is 7.12. The fourth-order valence-corrected chi connectivity index (χ4v) is 4.30. The molecule has 0 saturated carbocycles. The maximum atomic E-state index is 11.1. The van der Waals surface area contributed by atoms with Crippen molar-refractivity contribution in [2.75, 3.05) is 7.11 Å². The molecular weight excluding hydrogens is 394 g/mol. The maximum absolute atomic E-state index is 11.1. The Morgan fingerprint density at radius 1 is 1.10 bits per heavy atom. The van der Waals surface area contributed by atoms with Crippen LogP contribution < -0.4 is 9.47 Å². The Morgan fingerprint density at radius 3 is 2.48 bits per heavy atom. The molecule has 156 valence electrons. The quantitative estimate of drug-likeness (QED) is 0.442. The first kappa shape index (κ1) is 19.1. The van der Waals surface area contributed by atoms with E-state index in [1.165, 1.54) is 12.1 Å². The van der Waals surface area contributed by atoms with Gasteiger partial charge in [-0.1, -0.05) is 18.2 Å². The first-order valence-electron chi connectivity index (χ1n) is 10.0. The number of non-ortho nitro benzene ring substituents is 1. The molecule has 0 unspecified atom stereocenters. The highest BCUT2D eigenvalue weighted by Crippen LogP contribution is 2.50. The largest absolute Gasteiger partial charge is 0.497 e. The van der Waals surface area contributed by atoms with E-state index in [1.807, 2.05) is 54.4 Å². The van der Waals surface area contributed by atoms with Crippen LogP contribution in [0.5, 0.6) is 11.5 Å². The summed E-state index contributed by atoms with van der Waals surface area (Å²) in [5, 5.41) is 18.0. The normalized spacial score (nSPS) is 21.5. The van der Waals surface area contributed by atoms with E-state index in [1.54, 1.807) is 19.2 Å². The molecule has 3 aromatic rings. The zero-order chi connectivity index (χ0) is 21.6. The molecule has 0 aromatic heterocycles. The molecular formula is C24H21N3O4. The van der Waals surface area contributed by atoms with Crippen LogP contribution in [0.15, 0.2) is 77.9 Å². The Morgan fingerprint density at radius 2 is 1.81 bits per heavy atom. The van der Waals surface area contributed by atoms with E-state index in [4.69, 9.17) is 14.6 Å². The van der Waals surface area contributed by atoms with Gasteiger partial charge in [-0.15, -0.1) is 0 Å². The molecule has 2 aliphatic heterocycles. The molecule has 0 spiro atoms. The Hall–Kier alpha value is -3.87. The predicted molar refractivity (Wildman–Crippen MR) is 116 cm³/mol. The van der Waals surface area contributed by atoms with Gasteiger partial charge in [0.25, 0.3) is 5.69 Å². The molecule has 3 aromatic carbocycles. The van der Waals surface area contributed by atoms with E-state index in [0.717, 1.165) is 40.3 Å². The average molecular weight is 415 g/mol. The van der Waals surface area contributed by atoms with Crippen molar-refractivity contribution >= 4 is 11.4 Å². The molecule has 0 amide bonds. The van der Waals surface area contributed by atoms with Crippen LogP contribution in [0.25, 0.3) is 0 Å². The Balaban J connectivity index is 1.59. The van der Waals surface area contributed by atoms with Gasteiger partial charge >= 0.3 is 0 Å². The maximum Gasteiger partial charge on any atom is 0.269 e. The number of fused-ring (bicyclic) bond motifs is 3. The lowest BCUT2D eigenvalue weighted by atomic mass is 9.92. The van der Waals surface area contributed by atoms with Crippen molar-refractivity contribution in [1.29, 1.82) is 0 Å². The molecule has 5 rings (SSSR count). The SMILES string of the molecule is COc1ccc(C2=NN3[C@H](C2)c2ccccc2O[C@@]3(C)c2ccc([N+](=O)[O-])cc2)cc1. The lowest BCUT2D eigenvalue weighted by molar-refractivity contribution is -0.384. The minimum absolute atomic E-state index is 0.00208. The molecule has 7 heteroatoms. The molecule has 2 atom stereocenters. The molecule has 2 aliphatic rings. The summed E-state index contributed by atoms with van der Waals surface area (Å²) in [6.07, 6.45) is 0.731. The van der Waals surface area contributed by atoms with Gasteiger partial charge in [0, 0.05) is 36.6 Å². The van der Waals surface area contributed by atoms with Crippen molar-refractivity contribution in [2.24, 2.45) is 5.10 Å². The third-order valence-electron chi connectivity index (χ3n) is 5.97. The van der Waals surface area contributed by atoms with Crippen molar-refractivity contribution in [3.63, 3.8) is 0 Å². The Kier molecular flexibility index (Phi) is 4.39. The van der Waals surface area contributed by atoms with E-state index >= 15 is 0 Å². The molecule has 0 aliphatic carbocycles. The van der Waals surface area contributed by atoms with Crippen LogP contribution in [0.1, 0.15) is 36.1 Å². The number of hydrogen-bond donors (Lipinski definition) is 0. The molecule has 0 fully saturated rings. The third-order valence-corrected chi connectivity index (χ3v) is 5.97. The fourth-order valence-electron chi connectivity index (χ4n) is 4.30. The number of hydrogen-bond acceptors (Lipinski definition) is 6. The molecule has 31 heavy (non-hydrogen) atoms. The summed E-state index contributed by atoms with van der Waals surface area (Å²) >= 11 is 0. The monoisotopic (exact) mass is 415 g/mol. The van der Waals surface area contributed by atoms with Gasteiger partial charge in [0.15, 0.2) is 0 Å². The predicted octanol–water partition coefficient (Wildman–Crippen LogP) is 5.02. The summed E-state index contributed by atoms with van der Waals surface area (Å²) in [6, 6.07) is 22.3. The molecule has 0 radical (unpaired) electrons. The van der Waals surface area contributed by atoms with E-state index in [2.05, 4.69) is 6.07 Å². The van der Waals surface area contributed by atoms with Crippen LogP contribution in [0.4, 0.5) is 5.69 Å². The molecule has 0 N–H and O–H groups in total. The number of hydrazone groups is 1. The van der Waals surface area contributed by atoms with Crippen molar-refractivity contribution in [3.05, 3.63) is 99.6 Å². The zero-order valence-corrected chi connectivity index (χ0v) is 17.2.